The molecule has 0 spiro atoms. The molecule has 0 bridgehead atoms. The van der Waals surface area contributed by atoms with Crippen molar-refractivity contribution in [3.8, 4) is 0 Å². The first-order valence-corrected chi connectivity index (χ1v) is 15.4. The number of anilines is 1. The first kappa shape index (κ1) is 30.2. The number of imide groups is 1. The molecule has 216 valence electrons. The van der Waals surface area contributed by atoms with E-state index in [4.69, 9.17) is 9.72 Å². The van der Waals surface area contributed by atoms with Crippen LogP contribution >= 0.6 is 15.9 Å². The van der Waals surface area contributed by atoms with Crippen LogP contribution in [0.5, 0.6) is 0 Å². The molecule has 1 fully saturated rings. The average Bonchev–Trinajstić information content (AvgIpc) is 3.04. The van der Waals surface area contributed by atoms with Crippen molar-refractivity contribution >= 4 is 50.4 Å². The molecule has 2 aliphatic rings. The Hall–Kier alpha value is -2.74. The summed E-state index contributed by atoms with van der Waals surface area (Å²) in [5.74, 6) is 0.429. The second-order valence-electron chi connectivity index (χ2n) is 12.3. The zero-order chi connectivity index (χ0) is 29.0. The van der Waals surface area contributed by atoms with Gasteiger partial charge in [0.05, 0.1) is 11.4 Å². The number of rotatable bonds is 8. The highest BCUT2D eigenvalue weighted by Gasteiger charge is 2.34. The van der Waals surface area contributed by atoms with E-state index in [1.165, 1.54) is 12.8 Å². The Morgan fingerprint density at radius 3 is 2.42 bits per heavy atom. The van der Waals surface area contributed by atoms with E-state index in [-0.39, 0.29) is 23.7 Å². The van der Waals surface area contributed by atoms with Gasteiger partial charge in [-0.25, -0.2) is 4.98 Å². The van der Waals surface area contributed by atoms with Crippen LogP contribution in [0.2, 0.25) is 0 Å². The number of esters is 1. The summed E-state index contributed by atoms with van der Waals surface area (Å²) in [6.45, 7) is 9.14. The SMILES string of the molecule is CC1=C(C)C(=O)N(Nc2cc(CCCCC3CCCCC(C(=O)OC(C)(C)C)CC3)c3ccc(Br)cc3n2)C1=O. The smallest absolute Gasteiger partial charge is 0.309 e. The van der Waals surface area contributed by atoms with Gasteiger partial charge in [0, 0.05) is 21.0 Å². The van der Waals surface area contributed by atoms with Crippen molar-refractivity contribution in [2.75, 3.05) is 5.43 Å². The van der Waals surface area contributed by atoms with Gasteiger partial charge in [-0.2, -0.15) is 5.01 Å². The monoisotopic (exact) mass is 611 g/mol. The van der Waals surface area contributed by atoms with Gasteiger partial charge in [0.15, 0.2) is 0 Å². The number of aryl methyl sites for hydroxylation is 1. The lowest BCUT2D eigenvalue weighted by atomic mass is 9.83. The van der Waals surface area contributed by atoms with E-state index in [0.717, 1.165) is 77.3 Å². The molecule has 1 N–H and O–H groups in total. The fourth-order valence-electron chi connectivity index (χ4n) is 5.71. The number of unbranched alkanes of at least 4 members (excludes halogenated alkanes) is 1. The van der Waals surface area contributed by atoms with Gasteiger partial charge in [-0.1, -0.05) is 54.1 Å². The number of amides is 2. The van der Waals surface area contributed by atoms with Crippen LogP contribution < -0.4 is 5.43 Å². The molecule has 1 aromatic heterocycles. The number of benzene rings is 1. The predicted octanol–water partition coefficient (Wildman–Crippen LogP) is 7.67. The number of aromatic nitrogens is 1. The van der Waals surface area contributed by atoms with Gasteiger partial charge in [-0.15, -0.1) is 0 Å². The minimum Gasteiger partial charge on any atom is -0.460 e. The summed E-state index contributed by atoms with van der Waals surface area (Å²) in [6, 6.07) is 8.00. The molecule has 1 aliphatic carbocycles. The number of hydrazine groups is 1. The van der Waals surface area contributed by atoms with Crippen LogP contribution in [0.3, 0.4) is 0 Å². The minimum atomic E-state index is -0.435. The molecule has 2 unspecified atom stereocenters. The standard InChI is InChI=1S/C32H42BrN3O4/c1-20-21(2)30(38)36(29(20)37)35-28-18-24(26-17-16-25(33)19-27(26)34-28)13-9-7-11-22-10-6-8-12-23(15-14-22)31(39)40-32(3,4)5/h16-19,22-23H,6-15H2,1-5H3,(H,34,35). The summed E-state index contributed by atoms with van der Waals surface area (Å²) >= 11 is 3.54. The van der Waals surface area contributed by atoms with Crippen molar-refractivity contribution in [2.45, 2.75) is 104 Å². The number of nitrogens with zero attached hydrogens (tertiary/aromatic N) is 2. The first-order chi connectivity index (χ1) is 18.9. The number of nitrogens with one attached hydrogen (secondary N) is 1. The molecule has 2 atom stereocenters. The van der Waals surface area contributed by atoms with Gasteiger partial charge in [0.1, 0.15) is 11.4 Å². The third kappa shape index (κ3) is 7.50. The quantitative estimate of drug-likeness (QED) is 0.187. The number of halogens is 1. The predicted molar refractivity (Wildman–Crippen MR) is 161 cm³/mol. The molecule has 4 rings (SSSR count). The number of carbonyl (C=O) groups excluding carboxylic acids is 3. The van der Waals surface area contributed by atoms with Crippen LogP contribution in [0.4, 0.5) is 5.82 Å². The summed E-state index contributed by atoms with van der Waals surface area (Å²) < 4.78 is 6.60. The number of carbonyl (C=O) groups is 3. The van der Waals surface area contributed by atoms with E-state index in [1.807, 2.05) is 39.0 Å². The van der Waals surface area contributed by atoms with E-state index in [9.17, 15) is 14.4 Å². The summed E-state index contributed by atoms with van der Waals surface area (Å²) in [6.07, 6.45) is 10.6. The van der Waals surface area contributed by atoms with Crippen molar-refractivity contribution in [1.29, 1.82) is 0 Å². The van der Waals surface area contributed by atoms with E-state index in [1.54, 1.807) is 13.8 Å². The zero-order valence-electron chi connectivity index (χ0n) is 24.4. The largest absolute Gasteiger partial charge is 0.460 e. The maximum atomic E-state index is 12.7. The van der Waals surface area contributed by atoms with Crippen LogP contribution in [-0.4, -0.2) is 33.4 Å². The molecule has 2 amide bonds. The topological polar surface area (TPSA) is 88.6 Å². The fraction of sp³-hybridized carbons (Fsp3) is 0.562. The van der Waals surface area contributed by atoms with Gasteiger partial charge in [0.2, 0.25) is 0 Å². The Kier molecular flexibility index (Phi) is 9.70. The molecule has 1 saturated carbocycles. The van der Waals surface area contributed by atoms with E-state index in [2.05, 4.69) is 27.4 Å². The normalized spacial score (nSPS) is 20.6. The van der Waals surface area contributed by atoms with E-state index < -0.39 is 5.60 Å². The molecule has 2 aromatic rings. The highest BCUT2D eigenvalue weighted by atomic mass is 79.9. The van der Waals surface area contributed by atoms with E-state index >= 15 is 0 Å². The van der Waals surface area contributed by atoms with E-state index in [0.29, 0.717) is 22.9 Å². The molecular weight excluding hydrogens is 570 g/mol. The maximum absolute atomic E-state index is 12.7. The molecular formula is C32H42BrN3O4. The van der Waals surface area contributed by atoms with Crippen LogP contribution in [0.25, 0.3) is 10.9 Å². The Bertz CT molecular complexity index is 1290. The molecule has 1 aliphatic heterocycles. The van der Waals surface area contributed by atoms with Gasteiger partial charge in [-0.05, 0) is 96.4 Å². The van der Waals surface area contributed by atoms with Crippen molar-refractivity contribution in [3.05, 3.63) is 45.4 Å². The van der Waals surface area contributed by atoms with Crippen LogP contribution in [-0.2, 0) is 25.5 Å². The number of ether oxygens (including phenoxy) is 1. The number of hydrogen-bond acceptors (Lipinski definition) is 6. The molecule has 0 radical (unpaired) electrons. The second kappa shape index (κ2) is 12.8. The number of pyridine rings is 1. The highest BCUT2D eigenvalue weighted by Crippen LogP contribution is 2.32. The van der Waals surface area contributed by atoms with Crippen LogP contribution in [0.15, 0.2) is 39.9 Å². The lowest BCUT2D eigenvalue weighted by Crippen LogP contribution is -2.37. The first-order valence-electron chi connectivity index (χ1n) is 14.6. The molecule has 2 heterocycles. The lowest BCUT2D eigenvalue weighted by molar-refractivity contribution is -0.160. The van der Waals surface area contributed by atoms with Crippen molar-refractivity contribution in [2.24, 2.45) is 11.8 Å². The van der Waals surface area contributed by atoms with Crippen molar-refractivity contribution in [3.63, 3.8) is 0 Å². The molecule has 1 aromatic carbocycles. The Labute approximate surface area is 246 Å². The lowest BCUT2D eigenvalue weighted by Gasteiger charge is -2.27. The third-order valence-electron chi connectivity index (χ3n) is 8.08. The third-order valence-corrected chi connectivity index (χ3v) is 8.57. The summed E-state index contributed by atoms with van der Waals surface area (Å²) in [5, 5.41) is 2.13. The maximum Gasteiger partial charge on any atom is 0.309 e. The highest BCUT2D eigenvalue weighted by molar-refractivity contribution is 9.10. The molecule has 0 saturated heterocycles. The van der Waals surface area contributed by atoms with Crippen LogP contribution in [0, 0.1) is 11.8 Å². The number of fused-ring (bicyclic) bond motifs is 1. The van der Waals surface area contributed by atoms with Gasteiger partial charge >= 0.3 is 5.97 Å². The fourth-order valence-corrected chi connectivity index (χ4v) is 6.06. The summed E-state index contributed by atoms with van der Waals surface area (Å²) in [5.41, 5.74) is 5.38. The number of hydrogen-bond donors (Lipinski definition) is 1. The summed E-state index contributed by atoms with van der Waals surface area (Å²) in [7, 11) is 0. The zero-order valence-corrected chi connectivity index (χ0v) is 26.0. The summed E-state index contributed by atoms with van der Waals surface area (Å²) in [4.78, 5) is 42.5. The molecule has 8 heteroatoms. The average molecular weight is 613 g/mol. The minimum absolute atomic E-state index is 0.0209. The van der Waals surface area contributed by atoms with Crippen molar-refractivity contribution in [1.82, 2.24) is 9.99 Å². The molecule has 40 heavy (non-hydrogen) atoms. The van der Waals surface area contributed by atoms with Gasteiger partial charge in [0.25, 0.3) is 11.8 Å². The van der Waals surface area contributed by atoms with Crippen LogP contribution in [0.1, 0.15) is 98.0 Å². The van der Waals surface area contributed by atoms with Gasteiger partial charge < -0.3 is 4.74 Å². The van der Waals surface area contributed by atoms with Gasteiger partial charge in [-0.3, -0.25) is 19.8 Å². The van der Waals surface area contributed by atoms with Crippen molar-refractivity contribution < 1.29 is 19.1 Å². The Balaban J connectivity index is 1.37. The Morgan fingerprint density at radius 1 is 1.02 bits per heavy atom. The second-order valence-corrected chi connectivity index (χ2v) is 13.3. The Morgan fingerprint density at radius 2 is 1.73 bits per heavy atom. The molecule has 7 nitrogen and oxygen atoms in total.